The molecule has 2 aromatic rings. The molecule has 4 rings (SSSR count). The Bertz CT molecular complexity index is 977. The predicted octanol–water partition coefficient (Wildman–Crippen LogP) is 0.533. The first-order chi connectivity index (χ1) is 14.2. The van der Waals surface area contributed by atoms with Gasteiger partial charge in [0.15, 0.2) is 0 Å². The summed E-state index contributed by atoms with van der Waals surface area (Å²) in [4.78, 5) is 25.9. The van der Waals surface area contributed by atoms with Crippen molar-refractivity contribution < 1.29 is 34.1 Å². The van der Waals surface area contributed by atoms with E-state index in [1.165, 1.54) is 6.07 Å². The lowest BCUT2D eigenvalue weighted by Crippen LogP contribution is -2.58. The molecular formula is C20H22BN2O7-. The second-order valence-corrected chi connectivity index (χ2v) is 7.62. The van der Waals surface area contributed by atoms with Crippen molar-refractivity contribution in [3.05, 3.63) is 59.2 Å². The second-order valence-electron chi connectivity index (χ2n) is 7.62. The van der Waals surface area contributed by atoms with E-state index in [0.717, 1.165) is 0 Å². The van der Waals surface area contributed by atoms with Crippen molar-refractivity contribution in [3.8, 4) is 11.5 Å². The molecule has 1 atom stereocenters. The zero-order valence-corrected chi connectivity index (χ0v) is 16.1. The number of rotatable bonds is 5. The number of amides is 1. The third-order valence-corrected chi connectivity index (χ3v) is 5.39. The van der Waals surface area contributed by atoms with E-state index < -0.39 is 24.9 Å². The summed E-state index contributed by atoms with van der Waals surface area (Å²) in [6.45, 7) is -2.57. The van der Waals surface area contributed by atoms with Crippen LogP contribution in [0.15, 0.2) is 42.5 Å². The topological polar surface area (TPSA) is 143 Å². The highest BCUT2D eigenvalue weighted by Crippen LogP contribution is 2.39. The smallest absolute Gasteiger partial charge is 0.430 e. The van der Waals surface area contributed by atoms with Crippen LogP contribution >= 0.6 is 0 Å². The maximum absolute atomic E-state index is 12.5. The van der Waals surface area contributed by atoms with Crippen LogP contribution in [0.2, 0.25) is 6.32 Å². The number of likely N-dealkylation sites (tertiary alicyclic amines) is 1. The van der Waals surface area contributed by atoms with Gasteiger partial charge in [-0.1, -0.05) is 42.7 Å². The molecule has 9 nitrogen and oxygen atoms in total. The fraction of sp³-hybridized carbons (Fsp3) is 0.300. The van der Waals surface area contributed by atoms with Crippen LogP contribution in [0.4, 0.5) is 0 Å². The number of carbonyl (C=O) groups is 2. The lowest BCUT2D eigenvalue weighted by molar-refractivity contribution is -0.141. The van der Waals surface area contributed by atoms with Gasteiger partial charge in [0.2, 0.25) is 5.91 Å². The molecule has 1 fully saturated rings. The summed E-state index contributed by atoms with van der Waals surface area (Å²) in [5.74, 6) is -1.57. The molecule has 0 radical (unpaired) electrons. The van der Waals surface area contributed by atoms with Crippen LogP contribution in [0.1, 0.15) is 27.5 Å². The number of hydrogen-bond acceptors (Lipinski definition) is 7. The molecule has 0 aromatic heterocycles. The van der Waals surface area contributed by atoms with Gasteiger partial charge in [-0.15, -0.1) is 0 Å². The molecular weight excluding hydrogens is 391 g/mol. The van der Waals surface area contributed by atoms with Gasteiger partial charge in [0.25, 0.3) is 0 Å². The number of aromatic carboxylic acids is 1. The number of hydrogen-bond donors (Lipinski definition) is 4. The second kappa shape index (κ2) is 7.64. The maximum Gasteiger partial charge on any atom is 0.430 e. The van der Waals surface area contributed by atoms with Crippen molar-refractivity contribution in [2.45, 2.75) is 24.9 Å². The molecule has 0 aliphatic carbocycles. The van der Waals surface area contributed by atoms with E-state index >= 15 is 0 Å². The number of benzene rings is 2. The minimum absolute atomic E-state index is 0.00632. The number of nitrogens with zero attached hydrogens (tertiary/aromatic N) is 1. The Balaban J connectivity index is 1.45. The summed E-state index contributed by atoms with van der Waals surface area (Å²) < 4.78 is 10.9. The zero-order valence-electron chi connectivity index (χ0n) is 16.1. The van der Waals surface area contributed by atoms with Gasteiger partial charge < -0.3 is 35.2 Å². The molecule has 0 bridgehead atoms. The molecule has 0 unspecified atom stereocenters. The zero-order chi connectivity index (χ0) is 21.5. The van der Waals surface area contributed by atoms with Crippen LogP contribution in [0.25, 0.3) is 0 Å². The number of aryl methyl sites for hydroxylation is 1. The predicted molar refractivity (Wildman–Crippen MR) is 107 cm³/mol. The van der Waals surface area contributed by atoms with Crippen molar-refractivity contribution in [2.75, 3.05) is 13.1 Å². The minimum Gasteiger partial charge on any atom is -0.669 e. The monoisotopic (exact) mass is 413 g/mol. The highest BCUT2D eigenvalue weighted by molar-refractivity contribution is 6.59. The molecule has 158 valence electrons. The average molecular weight is 413 g/mol. The van der Waals surface area contributed by atoms with E-state index in [-0.39, 0.29) is 48.8 Å². The molecule has 1 saturated heterocycles. The van der Waals surface area contributed by atoms with Crippen LogP contribution in [-0.4, -0.2) is 57.9 Å². The Morgan fingerprint density at radius 1 is 1.17 bits per heavy atom. The van der Waals surface area contributed by atoms with Crippen molar-refractivity contribution >= 4 is 18.6 Å². The Morgan fingerprint density at radius 2 is 1.87 bits per heavy atom. The third kappa shape index (κ3) is 3.84. The van der Waals surface area contributed by atoms with E-state index in [9.17, 15) is 24.7 Å². The SMILES string of the molecule is N[C@H](C(=O)N1CC(Oc2ccc3c(c2C(=O)O)O[B-](O)(O)CC3)C1)c1ccccc1. The summed E-state index contributed by atoms with van der Waals surface area (Å²) in [5.41, 5.74) is 7.07. The molecule has 0 saturated carbocycles. The number of ether oxygens (including phenoxy) is 1. The highest BCUT2D eigenvalue weighted by Gasteiger charge is 2.37. The number of carbonyl (C=O) groups excluding carboxylic acids is 1. The van der Waals surface area contributed by atoms with Crippen LogP contribution in [0.3, 0.4) is 0 Å². The van der Waals surface area contributed by atoms with E-state index in [2.05, 4.69) is 0 Å². The van der Waals surface area contributed by atoms with Gasteiger partial charge in [-0.25, -0.2) is 4.79 Å². The first-order valence-corrected chi connectivity index (χ1v) is 9.69. The standard InChI is InChI=1S/C20H22BN2O7/c22-17(12-4-2-1-3-5-12)19(24)23-10-14(11-23)29-15-7-6-13-8-9-21(27,28)30-18(13)16(15)20(25)26/h1-7,14,17,27-28H,8-11,22H2,(H,25,26)/q-1/t17-/m0/s1. The minimum atomic E-state index is -3.10. The highest BCUT2D eigenvalue weighted by atomic mass is 16.6. The van der Waals surface area contributed by atoms with Gasteiger partial charge in [-0.3, -0.25) is 4.79 Å². The molecule has 2 aliphatic rings. The molecule has 5 N–H and O–H groups in total. The lowest BCUT2D eigenvalue weighted by Gasteiger charge is -2.41. The van der Waals surface area contributed by atoms with Crippen molar-refractivity contribution in [1.29, 1.82) is 0 Å². The molecule has 2 heterocycles. The molecule has 1 amide bonds. The number of nitrogens with two attached hydrogens (primary N) is 1. The van der Waals surface area contributed by atoms with E-state index in [0.29, 0.717) is 11.1 Å². The van der Waals surface area contributed by atoms with Crippen molar-refractivity contribution in [1.82, 2.24) is 4.90 Å². The Kier molecular flexibility index (Phi) is 5.14. The van der Waals surface area contributed by atoms with Gasteiger partial charge in [-0.2, -0.15) is 0 Å². The average Bonchev–Trinajstić information content (AvgIpc) is 2.68. The molecule has 30 heavy (non-hydrogen) atoms. The van der Waals surface area contributed by atoms with Crippen LogP contribution in [-0.2, 0) is 11.2 Å². The van der Waals surface area contributed by atoms with Gasteiger partial charge in [0, 0.05) is 0 Å². The van der Waals surface area contributed by atoms with Gasteiger partial charge in [-0.05, 0) is 23.6 Å². The fourth-order valence-corrected chi connectivity index (χ4v) is 3.70. The molecule has 2 aliphatic heterocycles. The maximum atomic E-state index is 12.5. The quantitative estimate of drug-likeness (QED) is 0.520. The summed E-state index contributed by atoms with van der Waals surface area (Å²) in [6.07, 6.45) is -0.130. The first kappa shape index (κ1) is 20.2. The summed E-state index contributed by atoms with van der Waals surface area (Å²) >= 11 is 0. The van der Waals surface area contributed by atoms with Crippen LogP contribution < -0.4 is 15.1 Å². The number of carboxylic acids is 1. The van der Waals surface area contributed by atoms with E-state index in [4.69, 9.17) is 15.1 Å². The summed E-state index contributed by atoms with van der Waals surface area (Å²) in [5, 5.41) is 29.2. The van der Waals surface area contributed by atoms with Gasteiger partial charge in [0.05, 0.1) is 18.8 Å². The van der Waals surface area contributed by atoms with Crippen molar-refractivity contribution in [2.24, 2.45) is 5.73 Å². The molecule has 0 spiro atoms. The normalized spacial score (nSPS) is 18.6. The van der Waals surface area contributed by atoms with Crippen LogP contribution in [0.5, 0.6) is 11.5 Å². The molecule has 10 heteroatoms. The Morgan fingerprint density at radius 3 is 2.53 bits per heavy atom. The van der Waals surface area contributed by atoms with E-state index in [1.54, 1.807) is 23.1 Å². The number of carboxylic acid groups (broad SMARTS) is 1. The number of fused-ring (bicyclic) bond motifs is 1. The van der Waals surface area contributed by atoms with Gasteiger partial charge in [0.1, 0.15) is 23.5 Å². The van der Waals surface area contributed by atoms with E-state index in [1.807, 2.05) is 18.2 Å². The first-order valence-electron chi connectivity index (χ1n) is 9.69. The third-order valence-electron chi connectivity index (χ3n) is 5.39. The Labute approximate surface area is 172 Å². The molecule has 2 aromatic carbocycles. The van der Waals surface area contributed by atoms with Crippen LogP contribution in [0, 0.1) is 0 Å². The fourth-order valence-electron chi connectivity index (χ4n) is 3.70. The lowest BCUT2D eigenvalue weighted by atomic mass is 9.70. The summed E-state index contributed by atoms with van der Waals surface area (Å²) in [7, 11) is 0. The Hall–Kier alpha value is -3.08. The van der Waals surface area contributed by atoms with Gasteiger partial charge >= 0.3 is 12.7 Å². The van der Waals surface area contributed by atoms with Crippen molar-refractivity contribution in [3.63, 3.8) is 0 Å². The largest absolute Gasteiger partial charge is 0.669 e. The summed E-state index contributed by atoms with van der Waals surface area (Å²) in [6, 6.07) is 11.4.